The Morgan fingerprint density at radius 2 is 2.07 bits per heavy atom. The molecule has 2 unspecified atom stereocenters. The summed E-state index contributed by atoms with van der Waals surface area (Å²) >= 11 is 0. The number of aromatic hydroxyl groups is 1. The number of benzene rings is 1. The molecule has 0 saturated heterocycles. The van der Waals surface area contributed by atoms with Crippen molar-refractivity contribution < 1.29 is 33.7 Å². The van der Waals surface area contributed by atoms with Crippen LogP contribution in [0, 0.1) is 6.92 Å². The van der Waals surface area contributed by atoms with Crippen LogP contribution < -0.4 is 9.61 Å². The molecule has 1 aromatic heterocycles. The van der Waals surface area contributed by atoms with E-state index in [1.807, 2.05) is 6.07 Å². The predicted molar refractivity (Wildman–Crippen MR) is 108 cm³/mol. The molecule has 1 heterocycles. The number of pyridine rings is 1. The van der Waals surface area contributed by atoms with Crippen LogP contribution in [0.15, 0.2) is 24.4 Å². The first-order valence-electron chi connectivity index (χ1n) is 9.56. The Morgan fingerprint density at radius 3 is 2.77 bits per heavy atom. The zero-order chi connectivity index (χ0) is 21.9. The zero-order valence-electron chi connectivity index (χ0n) is 16.8. The largest absolute Gasteiger partial charge is 0.506 e. The molecule has 0 radical (unpaired) electrons. The van der Waals surface area contributed by atoms with E-state index in [1.165, 1.54) is 18.7 Å². The van der Waals surface area contributed by atoms with Crippen molar-refractivity contribution in [1.29, 1.82) is 0 Å². The molecule has 0 fully saturated rings. The lowest BCUT2D eigenvalue weighted by Gasteiger charge is -2.23. The topological polar surface area (TPSA) is 138 Å². The van der Waals surface area contributed by atoms with Crippen LogP contribution in [0.3, 0.4) is 0 Å². The third-order valence-corrected chi connectivity index (χ3v) is 6.62. The van der Waals surface area contributed by atoms with Crippen LogP contribution in [-0.4, -0.2) is 32.3 Å². The fraction of sp³-hybridized carbons (Fsp3) is 0.400. The number of hydrogen-bond donors (Lipinski definition) is 4. The van der Waals surface area contributed by atoms with E-state index in [-0.39, 0.29) is 17.9 Å². The number of aliphatic carboxylic acids is 1. The van der Waals surface area contributed by atoms with Crippen molar-refractivity contribution in [2.75, 3.05) is 0 Å². The summed E-state index contributed by atoms with van der Waals surface area (Å²) < 4.78 is 24.5. The molecule has 1 aromatic carbocycles. The minimum atomic E-state index is -4.12. The molecule has 9 nitrogen and oxygen atoms in total. The average Bonchev–Trinajstić information content (AvgIpc) is 3.16. The van der Waals surface area contributed by atoms with E-state index in [0.29, 0.717) is 17.0 Å². The van der Waals surface area contributed by atoms with E-state index < -0.39 is 26.4 Å². The van der Waals surface area contributed by atoms with Gasteiger partial charge in [0, 0.05) is 17.3 Å². The summed E-state index contributed by atoms with van der Waals surface area (Å²) in [6.45, 7) is 2.11. The van der Waals surface area contributed by atoms with Crippen molar-refractivity contribution >= 4 is 13.7 Å². The highest BCUT2D eigenvalue weighted by Gasteiger charge is 2.32. The molecule has 1 aliphatic carbocycles. The van der Waals surface area contributed by atoms with E-state index in [9.17, 15) is 24.7 Å². The summed E-state index contributed by atoms with van der Waals surface area (Å²) in [6.07, 6.45) is 4.30. The molecule has 1 aliphatic rings. The van der Waals surface area contributed by atoms with Crippen LogP contribution in [0.25, 0.3) is 0 Å². The van der Waals surface area contributed by atoms with Gasteiger partial charge in [-0.25, -0.2) is 4.57 Å². The Bertz CT molecular complexity index is 995. The van der Waals surface area contributed by atoms with Gasteiger partial charge in [0.05, 0.1) is 18.9 Å². The van der Waals surface area contributed by atoms with E-state index in [4.69, 9.17) is 9.05 Å². The Hall–Kier alpha value is -2.45. The van der Waals surface area contributed by atoms with Gasteiger partial charge in [-0.3, -0.25) is 14.3 Å². The lowest BCUT2D eigenvalue weighted by atomic mass is 10.1. The maximum absolute atomic E-state index is 13.4. The first-order chi connectivity index (χ1) is 14.2. The minimum Gasteiger partial charge on any atom is -0.506 e. The SMILES string of the molecule is Cc1ncc(COP(=O)(NC(C)C(=O)O)Oc2ccc3c(c2)CCC3)c(CO)c1O. The number of carbonyl (C=O) groups is 1. The molecule has 0 saturated carbocycles. The summed E-state index contributed by atoms with van der Waals surface area (Å²) in [7, 11) is -4.12. The lowest BCUT2D eigenvalue weighted by Crippen LogP contribution is -2.33. The summed E-state index contributed by atoms with van der Waals surface area (Å²) in [5.41, 5.74) is 3.14. The summed E-state index contributed by atoms with van der Waals surface area (Å²) in [4.78, 5) is 15.3. The first kappa shape index (κ1) is 22.2. The number of aryl methyl sites for hydroxylation is 3. The smallest absolute Gasteiger partial charge is 0.459 e. The van der Waals surface area contributed by atoms with Crippen molar-refractivity contribution in [3.63, 3.8) is 0 Å². The quantitative estimate of drug-likeness (QED) is 0.437. The van der Waals surface area contributed by atoms with Gasteiger partial charge in [-0.2, -0.15) is 5.09 Å². The number of aromatic nitrogens is 1. The number of hydrogen-bond acceptors (Lipinski definition) is 7. The van der Waals surface area contributed by atoms with Gasteiger partial charge in [-0.15, -0.1) is 0 Å². The Morgan fingerprint density at radius 1 is 1.33 bits per heavy atom. The average molecular weight is 436 g/mol. The third-order valence-electron chi connectivity index (χ3n) is 5.00. The molecular weight excluding hydrogens is 411 g/mol. The molecule has 2 atom stereocenters. The third kappa shape index (κ3) is 4.99. The van der Waals surface area contributed by atoms with Crippen molar-refractivity contribution in [1.82, 2.24) is 10.1 Å². The molecule has 0 bridgehead atoms. The predicted octanol–water partition coefficient (Wildman–Crippen LogP) is 2.84. The second-order valence-electron chi connectivity index (χ2n) is 7.19. The molecule has 2 aromatic rings. The first-order valence-corrected chi connectivity index (χ1v) is 11.1. The molecule has 10 heteroatoms. The molecule has 0 aliphatic heterocycles. The van der Waals surface area contributed by atoms with Crippen molar-refractivity contribution in [2.24, 2.45) is 0 Å². The van der Waals surface area contributed by atoms with Gasteiger partial charge in [0.15, 0.2) is 0 Å². The molecule has 3 rings (SSSR count). The normalized spacial score (nSPS) is 16.0. The minimum absolute atomic E-state index is 0.181. The number of nitrogens with one attached hydrogen (secondary N) is 1. The number of aliphatic hydroxyl groups is 1. The standard InChI is InChI=1S/C20H25N2O7P/c1-12-19(24)18(10-23)16(9-21-12)11-28-30(27,22-13(2)20(25)26)29-17-7-6-14-4-3-5-15(14)8-17/h6-9,13,23-24H,3-5,10-11H2,1-2H3,(H,22,27)(H,25,26). The number of carboxylic acids is 1. The summed E-state index contributed by atoms with van der Waals surface area (Å²) in [6, 6.07) is 4.15. The van der Waals surface area contributed by atoms with Gasteiger partial charge in [0.25, 0.3) is 0 Å². The Kier molecular flexibility index (Phi) is 6.77. The Labute approximate surface area is 174 Å². The number of rotatable bonds is 9. The second kappa shape index (κ2) is 9.14. The second-order valence-corrected chi connectivity index (χ2v) is 8.88. The highest BCUT2D eigenvalue weighted by Crippen LogP contribution is 2.46. The fourth-order valence-electron chi connectivity index (χ4n) is 3.27. The molecule has 0 spiro atoms. The van der Waals surface area contributed by atoms with Crippen molar-refractivity contribution in [3.05, 3.63) is 52.3 Å². The van der Waals surface area contributed by atoms with Gasteiger partial charge >= 0.3 is 13.7 Å². The van der Waals surface area contributed by atoms with Crippen molar-refractivity contribution in [3.8, 4) is 11.5 Å². The van der Waals surface area contributed by atoms with E-state index in [0.717, 1.165) is 24.8 Å². The van der Waals surface area contributed by atoms with E-state index in [2.05, 4.69) is 10.1 Å². The van der Waals surface area contributed by atoms with Gasteiger partial charge < -0.3 is 19.8 Å². The summed E-state index contributed by atoms with van der Waals surface area (Å²) in [5.74, 6) is -1.10. The number of nitrogens with zero attached hydrogens (tertiary/aromatic N) is 1. The number of fused-ring (bicyclic) bond motifs is 1. The highest BCUT2D eigenvalue weighted by molar-refractivity contribution is 7.52. The van der Waals surface area contributed by atoms with Gasteiger partial charge in [-0.05, 0) is 56.4 Å². The maximum atomic E-state index is 13.4. The van der Waals surface area contributed by atoms with Gasteiger partial charge in [-0.1, -0.05) is 6.07 Å². The highest BCUT2D eigenvalue weighted by atomic mass is 31.2. The van der Waals surface area contributed by atoms with Crippen LogP contribution in [0.4, 0.5) is 0 Å². The number of aliphatic hydroxyl groups excluding tert-OH is 1. The van der Waals surface area contributed by atoms with Crippen LogP contribution >= 0.6 is 7.75 Å². The molecular formula is C20H25N2O7P. The summed E-state index contributed by atoms with van der Waals surface area (Å²) in [5, 5.41) is 31.2. The van der Waals surface area contributed by atoms with Crippen LogP contribution in [-0.2, 0) is 39.9 Å². The molecule has 4 N–H and O–H groups in total. The maximum Gasteiger partial charge on any atom is 0.459 e. The van der Waals surface area contributed by atoms with E-state index >= 15 is 0 Å². The van der Waals surface area contributed by atoms with Gasteiger partial charge in [0.2, 0.25) is 0 Å². The van der Waals surface area contributed by atoms with Gasteiger partial charge in [0.1, 0.15) is 17.5 Å². The van der Waals surface area contributed by atoms with Crippen LogP contribution in [0.1, 0.15) is 41.3 Å². The van der Waals surface area contributed by atoms with Crippen LogP contribution in [0.5, 0.6) is 11.5 Å². The molecule has 0 amide bonds. The van der Waals surface area contributed by atoms with Crippen molar-refractivity contribution in [2.45, 2.75) is 52.4 Å². The fourth-order valence-corrected chi connectivity index (χ4v) is 4.73. The van der Waals surface area contributed by atoms with Crippen LogP contribution in [0.2, 0.25) is 0 Å². The zero-order valence-corrected chi connectivity index (χ0v) is 17.7. The molecule has 162 valence electrons. The lowest BCUT2D eigenvalue weighted by molar-refractivity contribution is -0.138. The van der Waals surface area contributed by atoms with E-state index in [1.54, 1.807) is 19.1 Å². The number of carboxylic acid groups (broad SMARTS) is 1. The Balaban J connectivity index is 1.84. The molecule has 30 heavy (non-hydrogen) atoms. The monoisotopic (exact) mass is 436 g/mol.